The van der Waals surface area contributed by atoms with Crippen molar-refractivity contribution in [2.75, 3.05) is 31.2 Å². The summed E-state index contributed by atoms with van der Waals surface area (Å²) >= 11 is 1.60. The van der Waals surface area contributed by atoms with Crippen LogP contribution < -0.4 is 4.90 Å². The molecule has 0 saturated carbocycles. The van der Waals surface area contributed by atoms with Crippen LogP contribution in [0.3, 0.4) is 0 Å². The van der Waals surface area contributed by atoms with Crippen molar-refractivity contribution in [3.8, 4) is 17.1 Å². The number of morpholine rings is 1. The SMILES string of the molecule is Cc1ccc(-c2nc(CSc3nnc(N4CCOCC4)n3-c3ccccc3)co2)cc1. The molecule has 8 heteroatoms. The second-order valence-corrected chi connectivity index (χ2v) is 8.29. The van der Waals surface area contributed by atoms with Crippen molar-refractivity contribution in [2.45, 2.75) is 17.8 Å². The quantitative estimate of drug-likeness (QED) is 0.419. The summed E-state index contributed by atoms with van der Waals surface area (Å²) in [6.07, 6.45) is 1.72. The largest absolute Gasteiger partial charge is 0.444 e. The molecule has 1 saturated heterocycles. The number of thioether (sulfide) groups is 1. The number of aryl methyl sites for hydroxylation is 1. The average Bonchev–Trinajstić information content (AvgIpc) is 3.47. The van der Waals surface area contributed by atoms with E-state index in [4.69, 9.17) is 9.15 Å². The molecule has 0 spiro atoms. The van der Waals surface area contributed by atoms with Crippen LogP contribution >= 0.6 is 11.8 Å². The lowest BCUT2D eigenvalue weighted by atomic mass is 10.1. The van der Waals surface area contributed by atoms with Crippen molar-refractivity contribution in [1.29, 1.82) is 0 Å². The highest BCUT2D eigenvalue weighted by atomic mass is 32.2. The first-order valence-corrected chi connectivity index (χ1v) is 11.2. The predicted octanol–water partition coefficient (Wildman–Crippen LogP) is 4.36. The summed E-state index contributed by atoms with van der Waals surface area (Å²) in [7, 11) is 0. The predicted molar refractivity (Wildman–Crippen MR) is 121 cm³/mol. The summed E-state index contributed by atoms with van der Waals surface area (Å²) in [5, 5.41) is 9.83. The van der Waals surface area contributed by atoms with Gasteiger partial charge < -0.3 is 14.1 Å². The van der Waals surface area contributed by atoms with Gasteiger partial charge in [0.05, 0.1) is 24.6 Å². The molecule has 31 heavy (non-hydrogen) atoms. The molecule has 0 bridgehead atoms. The number of rotatable bonds is 6. The van der Waals surface area contributed by atoms with Gasteiger partial charge in [-0.2, -0.15) is 0 Å². The molecule has 1 aliphatic rings. The van der Waals surface area contributed by atoms with Gasteiger partial charge in [0, 0.05) is 24.4 Å². The van der Waals surface area contributed by atoms with Crippen molar-refractivity contribution in [3.05, 3.63) is 72.1 Å². The van der Waals surface area contributed by atoms with Crippen LogP contribution in [0.2, 0.25) is 0 Å². The highest BCUT2D eigenvalue weighted by molar-refractivity contribution is 7.98. The lowest BCUT2D eigenvalue weighted by Crippen LogP contribution is -2.37. The standard InChI is InChI=1S/C23H23N5O2S/c1-17-7-9-18(10-8-17)21-24-19(15-30-21)16-31-23-26-25-22(27-11-13-29-14-12-27)28(23)20-5-3-2-4-6-20/h2-10,15H,11-14,16H2,1H3. The summed E-state index contributed by atoms with van der Waals surface area (Å²) in [6.45, 7) is 5.07. The highest BCUT2D eigenvalue weighted by Gasteiger charge is 2.22. The Morgan fingerprint density at radius 3 is 2.52 bits per heavy atom. The van der Waals surface area contributed by atoms with E-state index in [0.717, 1.165) is 41.1 Å². The van der Waals surface area contributed by atoms with Gasteiger partial charge in [0.15, 0.2) is 5.16 Å². The molecule has 0 radical (unpaired) electrons. The third-order valence-corrected chi connectivity index (χ3v) is 6.09. The molecule has 4 aromatic rings. The number of benzene rings is 2. The van der Waals surface area contributed by atoms with E-state index in [1.165, 1.54) is 5.56 Å². The van der Waals surface area contributed by atoms with Crippen molar-refractivity contribution in [3.63, 3.8) is 0 Å². The molecule has 1 fully saturated rings. The van der Waals surface area contributed by atoms with Crippen LogP contribution in [0, 0.1) is 6.92 Å². The lowest BCUT2D eigenvalue weighted by molar-refractivity contribution is 0.122. The van der Waals surface area contributed by atoms with Crippen LogP contribution in [-0.4, -0.2) is 46.1 Å². The van der Waals surface area contributed by atoms with Crippen molar-refractivity contribution in [1.82, 2.24) is 19.7 Å². The van der Waals surface area contributed by atoms with E-state index in [9.17, 15) is 0 Å². The fourth-order valence-electron chi connectivity index (χ4n) is 3.47. The molecule has 2 aromatic heterocycles. The number of hydrogen-bond acceptors (Lipinski definition) is 7. The van der Waals surface area contributed by atoms with Gasteiger partial charge in [-0.15, -0.1) is 10.2 Å². The van der Waals surface area contributed by atoms with E-state index >= 15 is 0 Å². The van der Waals surface area contributed by atoms with Gasteiger partial charge in [0.25, 0.3) is 0 Å². The molecule has 3 heterocycles. The zero-order chi connectivity index (χ0) is 21.0. The number of oxazole rings is 1. The smallest absolute Gasteiger partial charge is 0.232 e. The molecule has 0 N–H and O–H groups in total. The molecule has 158 valence electrons. The molecule has 0 unspecified atom stereocenters. The number of para-hydroxylation sites is 1. The summed E-state index contributed by atoms with van der Waals surface area (Å²) in [5.41, 5.74) is 4.10. The van der Waals surface area contributed by atoms with Crippen LogP contribution in [0.1, 0.15) is 11.3 Å². The molecule has 2 aromatic carbocycles. The summed E-state index contributed by atoms with van der Waals surface area (Å²) in [4.78, 5) is 6.87. The maximum Gasteiger partial charge on any atom is 0.232 e. The van der Waals surface area contributed by atoms with Gasteiger partial charge in [0.1, 0.15) is 6.26 Å². The monoisotopic (exact) mass is 433 g/mol. The Hall–Kier alpha value is -3.10. The van der Waals surface area contributed by atoms with Gasteiger partial charge in [-0.05, 0) is 31.2 Å². The normalized spacial score (nSPS) is 14.2. The van der Waals surface area contributed by atoms with Gasteiger partial charge in [-0.1, -0.05) is 47.7 Å². The fraction of sp³-hybridized carbons (Fsp3) is 0.261. The number of nitrogens with zero attached hydrogens (tertiary/aromatic N) is 5. The van der Waals surface area contributed by atoms with E-state index in [2.05, 4.69) is 55.8 Å². The topological polar surface area (TPSA) is 69.2 Å². The van der Waals surface area contributed by atoms with Gasteiger partial charge in [-0.3, -0.25) is 4.57 Å². The molecule has 5 rings (SSSR count). The van der Waals surface area contributed by atoms with Crippen LogP contribution in [-0.2, 0) is 10.5 Å². The van der Waals surface area contributed by atoms with Gasteiger partial charge in [0.2, 0.25) is 11.8 Å². The van der Waals surface area contributed by atoms with E-state index in [-0.39, 0.29) is 0 Å². The van der Waals surface area contributed by atoms with Crippen LogP contribution in [0.4, 0.5) is 5.95 Å². The Labute approximate surface area is 185 Å². The number of ether oxygens (including phenoxy) is 1. The number of anilines is 1. The first kappa shape index (κ1) is 19.8. The molecule has 7 nitrogen and oxygen atoms in total. The van der Waals surface area contributed by atoms with Crippen molar-refractivity contribution < 1.29 is 9.15 Å². The molecule has 1 aliphatic heterocycles. The lowest BCUT2D eigenvalue weighted by Gasteiger charge is -2.27. The van der Waals surface area contributed by atoms with E-state index < -0.39 is 0 Å². The van der Waals surface area contributed by atoms with Crippen LogP contribution in [0.15, 0.2) is 70.4 Å². The average molecular weight is 434 g/mol. The van der Waals surface area contributed by atoms with Crippen molar-refractivity contribution in [2.24, 2.45) is 0 Å². The Bertz CT molecular complexity index is 1130. The summed E-state index contributed by atoms with van der Waals surface area (Å²) < 4.78 is 13.3. The third-order valence-electron chi connectivity index (χ3n) is 5.12. The van der Waals surface area contributed by atoms with Gasteiger partial charge in [-0.25, -0.2) is 4.98 Å². The zero-order valence-corrected chi connectivity index (χ0v) is 18.1. The van der Waals surface area contributed by atoms with Crippen LogP contribution in [0.5, 0.6) is 0 Å². The molecular formula is C23H23N5O2S. The Balaban J connectivity index is 1.38. The number of hydrogen-bond donors (Lipinski definition) is 0. The molecule has 0 amide bonds. The number of aromatic nitrogens is 4. The Morgan fingerprint density at radius 2 is 1.74 bits per heavy atom. The highest BCUT2D eigenvalue weighted by Crippen LogP contribution is 2.30. The Morgan fingerprint density at radius 1 is 0.968 bits per heavy atom. The molecular weight excluding hydrogens is 410 g/mol. The second kappa shape index (κ2) is 8.95. The maximum absolute atomic E-state index is 5.70. The van der Waals surface area contributed by atoms with Crippen LogP contribution in [0.25, 0.3) is 17.1 Å². The minimum Gasteiger partial charge on any atom is -0.444 e. The first-order valence-electron chi connectivity index (χ1n) is 10.3. The summed E-state index contributed by atoms with van der Waals surface area (Å²) in [6, 6.07) is 18.4. The Kier molecular flexibility index (Phi) is 5.73. The van der Waals surface area contributed by atoms with E-state index in [1.54, 1.807) is 18.0 Å². The first-order chi connectivity index (χ1) is 15.3. The van der Waals surface area contributed by atoms with E-state index in [0.29, 0.717) is 24.9 Å². The fourth-order valence-corrected chi connectivity index (χ4v) is 4.29. The van der Waals surface area contributed by atoms with E-state index in [1.807, 2.05) is 30.3 Å². The minimum absolute atomic E-state index is 0.633. The maximum atomic E-state index is 5.70. The molecule has 0 atom stereocenters. The minimum atomic E-state index is 0.633. The zero-order valence-electron chi connectivity index (χ0n) is 17.3. The van der Waals surface area contributed by atoms with Crippen molar-refractivity contribution >= 4 is 17.7 Å². The summed E-state index contributed by atoms with van der Waals surface area (Å²) in [5.74, 6) is 2.12. The second-order valence-electron chi connectivity index (χ2n) is 7.35. The molecule has 0 aliphatic carbocycles. The third kappa shape index (κ3) is 4.35. The van der Waals surface area contributed by atoms with Gasteiger partial charge >= 0.3 is 0 Å².